The molecule has 1 aromatic heterocycles. The molecule has 1 heterocycles. The predicted octanol–water partition coefficient (Wildman–Crippen LogP) is 3.36. The van der Waals surface area contributed by atoms with E-state index < -0.39 is 0 Å². The van der Waals surface area contributed by atoms with Gasteiger partial charge in [-0.15, -0.1) is 0 Å². The lowest BCUT2D eigenvalue weighted by atomic mass is 10.0. The summed E-state index contributed by atoms with van der Waals surface area (Å²) in [6.45, 7) is 4.41. The summed E-state index contributed by atoms with van der Waals surface area (Å²) < 4.78 is 0. The zero-order valence-electron chi connectivity index (χ0n) is 11.8. The fourth-order valence-electron chi connectivity index (χ4n) is 2.30. The summed E-state index contributed by atoms with van der Waals surface area (Å²) in [4.78, 5) is 6.74. The Kier molecular flexibility index (Phi) is 5.10. The first-order chi connectivity index (χ1) is 9.25. The van der Waals surface area contributed by atoms with Crippen LogP contribution in [-0.4, -0.2) is 30.0 Å². The van der Waals surface area contributed by atoms with Gasteiger partial charge in [-0.25, -0.2) is 0 Å². The predicted molar refractivity (Wildman–Crippen MR) is 80.3 cm³/mol. The molecule has 19 heavy (non-hydrogen) atoms. The summed E-state index contributed by atoms with van der Waals surface area (Å²) in [5.41, 5.74) is 2.58. The molecule has 2 heteroatoms. The smallest absolute Gasteiger partial charge is 0.0416 e. The SMILES string of the molecule is C[C@H](CN(C)CCc1ccccn1)c1ccccc1. The van der Waals surface area contributed by atoms with Gasteiger partial charge in [0, 0.05) is 31.4 Å². The van der Waals surface area contributed by atoms with Crippen molar-refractivity contribution in [1.29, 1.82) is 0 Å². The minimum atomic E-state index is 0.565. The number of pyridine rings is 1. The van der Waals surface area contributed by atoms with Crippen molar-refractivity contribution in [2.75, 3.05) is 20.1 Å². The van der Waals surface area contributed by atoms with Gasteiger partial charge in [0.15, 0.2) is 0 Å². The molecule has 2 nitrogen and oxygen atoms in total. The highest BCUT2D eigenvalue weighted by Gasteiger charge is 2.08. The maximum absolute atomic E-state index is 4.36. The average Bonchev–Trinajstić information content (AvgIpc) is 2.47. The normalized spacial score (nSPS) is 12.6. The van der Waals surface area contributed by atoms with E-state index in [0.717, 1.165) is 19.5 Å². The van der Waals surface area contributed by atoms with Gasteiger partial charge in [0.25, 0.3) is 0 Å². The van der Waals surface area contributed by atoms with Gasteiger partial charge < -0.3 is 4.90 Å². The highest BCUT2D eigenvalue weighted by Crippen LogP contribution is 2.15. The molecule has 0 saturated heterocycles. The maximum atomic E-state index is 4.36. The molecule has 0 aliphatic carbocycles. The van der Waals surface area contributed by atoms with Crippen LogP contribution in [0.25, 0.3) is 0 Å². The molecule has 0 amide bonds. The van der Waals surface area contributed by atoms with E-state index in [1.807, 2.05) is 12.3 Å². The Morgan fingerprint density at radius 3 is 2.47 bits per heavy atom. The molecule has 0 spiro atoms. The molecule has 0 radical (unpaired) electrons. The molecule has 0 fully saturated rings. The second kappa shape index (κ2) is 7.05. The summed E-state index contributed by atoms with van der Waals surface area (Å²) in [7, 11) is 2.18. The quantitative estimate of drug-likeness (QED) is 0.786. The maximum Gasteiger partial charge on any atom is 0.0416 e. The minimum Gasteiger partial charge on any atom is -0.305 e. The topological polar surface area (TPSA) is 16.1 Å². The zero-order chi connectivity index (χ0) is 13.5. The second-order valence-corrected chi connectivity index (χ2v) is 5.15. The van der Waals surface area contributed by atoms with E-state index in [-0.39, 0.29) is 0 Å². The van der Waals surface area contributed by atoms with Crippen LogP contribution >= 0.6 is 0 Å². The lowest BCUT2D eigenvalue weighted by Gasteiger charge is -2.21. The van der Waals surface area contributed by atoms with E-state index in [2.05, 4.69) is 66.3 Å². The van der Waals surface area contributed by atoms with E-state index >= 15 is 0 Å². The lowest BCUT2D eigenvalue weighted by molar-refractivity contribution is 0.320. The number of aromatic nitrogens is 1. The molecule has 0 aliphatic heterocycles. The molecule has 2 aromatic rings. The zero-order valence-corrected chi connectivity index (χ0v) is 11.8. The fourth-order valence-corrected chi connectivity index (χ4v) is 2.30. The van der Waals surface area contributed by atoms with Gasteiger partial charge in [-0.2, -0.15) is 0 Å². The Morgan fingerprint density at radius 2 is 1.79 bits per heavy atom. The molecule has 0 saturated carbocycles. The summed E-state index contributed by atoms with van der Waals surface area (Å²) in [5.74, 6) is 0.565. The van der Waals surface area contributed by atoms with E-state index in [9.17, 15) is 0 Å². The summed E-state index contributed by atoms with van der Waals surface area (Å²) in [6.07, 6.45) is 2.88. The number of rotatable bonds is 6. The molecular weight excluding hydrogens is 232 g/mol. The number of nitrogens with zero attached hydrogens (tertiary/aromatic N) is 2. The van der Waals surface area contributed by atoms with Crippen LogP contribution in [0.15, 0.2) is 54.7 Å². The average molecular weight is 254 g/mol. The van der Waals surface area contributed by atoms with Gasteiger partial charge >= 0.3 is 0 Å². The van der Waals surface area contributed by atoms with Crippen molar-refractivity contribution < 1.29 is 0 Å². The van der Waals surface area contributed by atoms with Crippen LogP contribution in [0.5, 0.6) is 0 Å². The third kappa shape index (κ3) is 4.49. The Balaban J connectivity index is 1.80. The Morgan fingerprint density at radius 1 is 1.05 bits per heavy atom. The molecule has 0 bridgehead atoms. The highest BCUT2D eigenvalue weighted by molar-refractivity contribution is 5.19. The van der Waals surface area contributed by atoms with Gasteiger partial charge in [0.05, 0.1) is 0 Å². The molecule has 2 rings (SSSR count). The first-order valence-electron chi connectivity index (χ1n) is 6.89. The minimum absolute atomic E-state index is 0.565. The van der Waals surface area contributed by atoms with Crippen LogP contribution in [0.3, 0.4) is 0 Å². The van der Waals surface area contributed by atoms with E-state index in [1.54, 1.807) is 0 Å². The lowest BCUT2D eigenvalue weighted by Crippen LogP contribution is -2.26. The summed E-state index contributed by atoms with van der Waals surface area (Å²) in [6, 6.07) is 16.8. The molecule has 0 N–H and O–H groups in total. The largest absolute Gasteiger partial charge is 0.305 e. The molecule has 1 atom stereocenters. The van der Waals surface area contributed by atoms with Gasteiger partial charge in [-0.1, -0.05) is 43.3 Å². The third-order valence-corrected chi connectivity index (χ3v) is 3.43. The molecule has 1 aromatic carbocycles. The van der Waals surface area contributed by atoms with Crippen molar-refractivity contribution in [1.82, 2.24) is 9.88 Å². The van der Waals surface area contributed by atoms with E-state index in [1.165, 1.54) is 11.3 Å². The van der Waals surface area contributed by atoms with Crippen LogP contribution < -0.4 is 0 Å². The number of benzene rings is 1. The first-order valence-corrected chi connectivity index (χ1v) is 6.89. The van der Waals surface area contributed by atoms with Gasteiger partial charge in [0.2, 0.25) is 0 Å². The Bertz CT molecular complexity index is 467. The van der Waals surface area contributed by atoms with Gasteiger partial charge in [-0.05, 0) is 30.7 Å². The number of likely N-dealkylation sites (N-methyl/N-ethyl adjacent to an activating group) is 1. The molecule has 0 aliphatic rings. The monoisotopic (exact) mass is 254 g/mol. The van der Waals surface area contributed by atoms with Crippen LogP contribution in [0.1, 0.15) is 24.1 Å². The van der Waals surface area contributed by atoms with Crippen molar-refractivity contribution in [2.24, 2.45) is 0 Å². The molecular formula is C17H22N2. The number of hydrogen-bond donors (Lipinski definition) is 0. The Hall–Kier alpha value is -1.67. The van der Waals surface area contributed by atoms with E-state index in [4.69, 9.17) is 0 Å². The van der Waals surface area contributed by atoms with Crippen molar-refractivity contribution in [3.63, 3.8) is 0 Å². The standard InChI is InChI=1S/C17H22N2/c1-15(16-8-4-3-5-9-16)14-19(2)13-11-17-10-6-7-12-18-17/h3-10,12,15H,11,13-14H2,1-2H3/t15-/m1/s1. The first kappa shape index (κ1) is 13.8. The number of hydrogen-bond acceptors (Lipinski definition) is 2. The fraction of sp³-hybridized carbons (Fsp3) is 0.353. The van der Waals surface area contributed by atoms with Crippen LogP contribution in [0.4, 0.5) is 0 Å². The van der Waals surface area contributed by atoms with Gasteiger partial charge in [0.1, 0.15) is 0 Å². The highest BCUT2D eigenvalue weighted by atomic mass is 15.1. The Labute approximate surface area is 116 Å². The molecule has 0 unspecified atom stereocenters. The van der Waals surface area contributed by atoms with Crippen LogP contribution in [0, 0.1) is 0 Å². The second-order valence-electron chi connectivity index (χ2n) is 5.15. The van der Waals surface area contributed by atoms with Crippen molar-refractivity contribution in [3.8, 4) is 0 Å². The van der Waals surface area contributed by atoms with Crippen LogP contribution in [0.2, 0.25) is 0 Å². The van der Waals surface area contributed by atoms with Gasteiger partial charge in [-0.3, -0.25) is 4.98 Å². The summed E-state index contributed by atoms with van der Waals surface area (Å²) >= 11 is 0. The third-order valence-electron chi connectivity index (χ3n) is 3.43. The summed E-state index contributed by atoms with van der Waals surface area (Å²) in [5, 5.41) is 0. The van der Waals surface area contributed by atoms with Crippen molar-refractivity contribution in [3.05, 3.63) is 66.0 Å². The van der Waals surface area contributed by atoms with Crippen molar-refractivity contribution >= 4 is 0 Å². The van der Waals surface area contributed by atoms with Crippen LogP contribution in [-0.2, 0) is 6.42 Å². The van der Waals surface area contributed by atoms with E-state index in [0.29, 0.717) is 5.92 Å². The van der Waals surface area contributed by atoms with Crippen molar-refractivity contribution in [2.45, 2.75) is 19.3 Å². The molecule has 100 valence electrons.